The Morgan fingerprint density at radius 2 is 1.42 bits per heavy atom. The number of nitrogens with two attached hydrogens (primary N) is 1. The summed E-state index contributed by atoms with van der Waals surface area (Å²) in [7, 11) is 0. The minimum atomic E-state index is -1.23. The van der Waals surface area contributed by atoms with E-state index >= 15 is 0 Å². The summed E-state index contributed by atoms with van der Waals surface area (Å²) in [6.45, 7) is 11.1. The first kappa shape index (κ1) is 30.9. The van der Waals surface area contributed by atoms with Gasteiger partial charge in [0.15, 0.2) is 0 Å². The number of hydrogen-bond acceptors (Lipinski definition) is 6. The molecule has 0 saturated heterocycles. The van der Waals surface area contributed by atoms with Crippen molar-refractivity contribution < 1.29 is 29.4 Å². The number of aliphatic carboxylic acids is 1. The van der Waals surface area contributed by atoms with Crippen LogP contribution in [0.5, 0.6) is 5.75 Å². The monoisotopic (exact) mass is 506 g/mol. The maximum Gasteiger partial charge on any atom is 0.326 e. The molecule has 0 bridgehead atoms. The van der Waals surface area contributed by atoms with E-state index in [1.807, 2.05) is 27.7 Å². The summed E-state index contributed by atoms with van der Waals surface area (Å²) in [5, 5.41) is 27.0. The molecule has 7 N–H and O–H groups in total. The summed E-state index contributed by atoms with van der Waals surface area (Å²) >= 11 is 0. The van der Waals surface area contributed by atoms with Crippen LogP contribution >= 0.6 is 0 Å². The maximum atomic E-state index is 13.1. The third-order valence-corrected chi connectivity index (χ3v) is 6.14. The normalized spacial score (nSPS) is 15.5. The van der Waals surface area contributed by atoms with Gasteiger partial charge < -0.3 is 31.9 Å². The van der Waals surface area contributed by atoms with Gasteiger partial charge >= 0.3 is 5.97 Å². The second-order valence-corrected chi connectivity index (χ2v) is 10.1. The van der Waals surface area contributed by atoms with Gasteiger partial charge in [-0.2, -0.15) is 0 Å². The van der Waals surface area contributed by atoms with Gasteiger partial charge in [0.05, 0.1) is 6.04 Å². The van der Waals surface area contributed by atoms with E-state index in [1.54, 1.807) is 26.0 Å². The van der Waals surface area contributed by atoms with E-state index in [0.29, 0.717) is 12.0 Å². The van der Waals surface area contributed by atoms with Crippen LogP contribution in [0.25, 0.3) is 0 Å². The van der Waals surface area contributed by atoms with Crippen LogP contribution < -0.4 is 21.7 Å². The first-order valence-corrected chi connectivity index (χ1v) is 12.4. The number of rotatable bonds is 14. The van der Waals surface area contributed by atoms with Gasteiger partial charge in [-0.15, -0.1) is 0 Å². The van der Waals surface area contributed by atoms with E-state index in [1.165, 1.54) is 12.1 Å². The van der Waals surface area contributed by atoms with E-state index < -0.39 is 47.9 Å². The molecule has 0 saturated carbocycles. The van der Waals surface area contributed by atoms with Crippen molar-refractivity contribution in [1.82, 2.24) is 16.0 Å². The van der Waals surface area contributed by atoms with Crippen molar-refractivity contribution in [2.24, 2.45) is 23.5 Å². The molecule has 0 aliphatic heterocycles. The zero-order valence-electron chi connectivity index (χ0n) is 22.1. The van der Waals surface area contributed by atoms with Crippen LogP contribution in [0, 0.1) is 17.8 Å². The average molecular weight is 507 g/mol. The smallest absolute Gasteiger partial charge is 0.326 e. The molecule has 0 aliphatic carbocycles. The first-order valence-electron chi connectivity index (χ1n) is 12.4. The summed E-state index contributed by atoms with van der Waals surface area (Å²) < 4.78 is 0. The van der Waals surface area contributed by atoms with Crippen LogP contribution in [0.2, 0.25) is 0 Å². The predicted octanol–water partition coefficient (Wildman–Crippen LogP) is 1.55. The number of benzene rings is 1. The van der Waals surface area contributed by atoms with E-state index in [4.69, 9.17) is 5.73 Å². The second-order valence-electron chi connectivity index (χ2n) is 10.1. The molecule has 0 radical (unpaired) electrons. The Morgan fingerprint density at radius 3 is 1.89 bits per heavy atom. The highest BCUT2D eigenvalue weighted by Crippen LogP contribution is 2.13. The molecule has 3 amide bonds. The van der Waals surface area contributed by atoms with Crippen molar-refractivity contribution in [2.45, 2.75) is 85.0 Å². The highest BCUT2D eigenvalue weighted by Gasteiger charge is 2.32. The van der Waals surface area contributed by atoms with Gasteiger partial charge in [0.1, 0.15) is 23.9 Å². The molecule has 5 atom stereocenters. The fourth-order valence-corrected chi connectivity index (χ4v) is 3.60. The van der Waals surface area contributed by atoms with Crippen LogP contribution in [-0.4, -0.2) is 58.1 Å². The Bertz CT molecular complexity index is 887. The molecule has 0 aromatic heterocycles. The summed E-state index contributed by atoms with van der Waals surface area (Å²) in [5.41, 5.74) is 6.63. The number of amides is 3. The fraction of sp³-hybridized carbons (Fsp3) is 0.615. The molecule has 5 unspecified atom stereocenters. The molecule has 1 aromatic rings. The number of nitrogens with one attached hydrogen (secondary N) is 3. The molecule has 10 nitrogen and oxygen atoms in total. The van der Waals surface area contributed by atoms with Crippen molar-refractivity contribution in [3.63, 3.8) is 0 Å². The molecule has 0 fully saturated rings. The number of carboxylic acids is 1. The molecule has 0 spiro atoms. The summed E-state index contributed by atoms with van der Waals surface area (Å²) in [4.78, 5) is 50.6. The topological polar surface area (TPSA) is 171 Å². The van der Waals surface area contributed by atoms with Crippen molar-refractivity contribution in [2.75, 3.05) is 0 Å². The Labute approximate surface area is 213 Å². The molecular formula is C26H42N4O6. The Hall–Kier alpha value is -3.14. The van der Waals surface area contributed by atoms with Crippen LogP contribution in [0.4, 0.5) is 0 Å². The van der Waals surface area contributed by atoms with Crippen LogP contribution in [-0.2, 0) is 25.6 Å². The van der Waals surface area contributed by atoms with Crippen molar-refractivity contribution in [1.29, 1.82) is 0 Å². The van der Waals surface area contributed by atoms with Crippen LogP contribution in [0.15, 0.2) is 24.3 Å². The second kappa shape index (κ2) is 14.4. The number of carbonyl (C=O) groups excluding carboxylic acids is 3. The number of hydrogen-bond donors (Lipinski definition) is 6. The lowest BCUT2D eigenvalue weighted by Gasteiger charge is -2.28. The van der Waals surface area contributed by atoms with Gasteiger partial charge in [-0.3, -0.25) is 14.4 Å². The van der Waals surface area contributed by atoms with Crippen LogP contribution in [0.3, 0.4) is 0 Å². The van der Waals surface area contributed by atoms with E-state index in [0.717, 1.165) is 0 Å². The lowest BCUT2D eigenvalue weighted by molar-refractivity contribution is -0.142. The third-order valence-electron chi connectivity index (χ3n) is 6.14. The summed E-state index contributed by atoms with van der Waals surface area (Å²) in [5.74, 6) is -3.11. The Kier molecular flexibility index (Phi) is 12.4. The maximum absolute atomic E-state index is 13.1. The van der Waals surface area contributed by atoms with Gasteiger partial charge in [-0.25, -0.2) is 4.79 Å². The molecule has 1 aromatic carbocycles. The largest absolute Gasteiger partial charge is 0.508 e. The van der Waals surface area contributed by atoms with E-state index in [2.05, 4.69) is 16.0 Å². The van der Waals surface area contributed by atoms with Gasteiger partial charge in [0.25, 0.3) is 0 Å². The highest BCUT2D eigenvalue weighted by atomic mass is 16.4. The minimum absolute atomic E-state index is 0.00186. The van der Waals surface area contributed by atoms with Gasteiger partial charge in [-0.1, -0.05) is 60.1 Å². The predicted molar refractivity (Wildman–Crippen MR) is 137 cm³/mol. The van der Waals surface area contributed by atoms with Gasteiger partial charge in [-0.05, 0) is 41.9 Å². The number of phenols is 1. The molecule has 36 heavy (non-hydrogen) atoms. The number of phenolic OH excluding ortho intramolecular Hbond substituents is 1. The third kappa shape index (κ3) is 9.85. The molecule has 0 heterocycles. The Morgan fingerprint density at radius 1 is 0.861 bits per heavy atom. The van der Waals surface area contributed by atoms with Crippen LogP contribution in [0.1, 0.15) is 59.9 Å². The first-order chi connectivity index (χ1) is 16.8. The van der Waals surface area contributed by atoms with Gasteiger partial charge in [0.2, 0.25) is 17.7 Å². The lowest BCUT2D eigenvalue weighted by Crippen LogP contribution is -2.59. The minimum Gasteiger partial charge on any atom is -0.508 e. The van der Waals surface area contributed by atoms with Crippen molar-refractivity contribution in [3.8, 4) is 5.75 Å². The Balaban J connectivity index is 3.00. The standard InChI is InChI=1S/C26H42N4O6/c1-7-16(6)21(27)24(33)30-22(15(4)5)25(34)28-19(12-14(2)3)23(32)29-20(26(35)36)13-17-8-10-18(31)11-9-17/h8-11,14-16,19-22,31H,7,12-13,27H2,1-6H3,(H,28,34)(H,29,32)(H,30,33)(H,35,36). The highest BCUT2D eigenvalue weighted by molar-refractivity contribution is 5.94. The number of carbonyl (C=O) groups is 4. The van der Waals surface area contributed by atoms with Crippen molar-refractivity contribution >= 4 is 23.7 Å². The molecule has 1 rings (SSSR count). The average Bonchev–Trinajstić information content (AvgIpc) is 2.80. The molecule has 202 valence electrons. The quantitative estimate of drug-likeness (QED) is 0.222. The SMILES string of the molecule is CCC(C)C(N)C(=O)NC(C(=O)NC(CC(C)C)C(=O)NC(Cc1ccc(O)cc1)C(=O)O)C(C)C. The molecular weight excluding hydrogens is 464 g/mol. The summed E-state index contributed by atoms with van der Waals surface area (Å²) in [6, 6.07) is 2.10. The fourth-order valence-electron chi connectivity index (χ4n) is 3.60. The number of aromatic hydroxyl groups is 1. The zero-order chi connectivity index (χ0) is 27.6. The lowest BCUT2D eigenvalue weighted by atomic mass is 9.96. The van der Waals surface area contributed by atoms with E-state index in [-0.39, 0.29) is 36.3 Å². The van der Waals surface area contributed by atoms with Gasteiger partial charge in [0, 0.05) is 6.42 Å². The molecule has 0 aliphatic rings. The molecule has 10 heteroatoms. The van der Waals surface area contributed by atoms with E-state index in [9.17, 15) is 29.4 Å². The number of carboxylic acid groups (broad SMARTS) is 1. The van der Waals surface area contributed by atoms with Crippen molar-refractivity contribution in [3.05, 3.63) is 29.8 Å². The summed E-state index contributed by atoms with van der Waals surface area (Å²) in [6.07, 6.45) is 0.981. The zero-order valence-corrected chi connectivity index (χ0v) is 22.1.